The summed E-state index contributed by atoms with van der Waals surface area (Å²) < 4.78 is 25.4. The average molecular weight is 271 g/mol. The summed E-state index contributed by atoms with van der Waals surface area (Å²) in [4.78, 5) is 4.76. The third kappa shape index (κ3) is 2.27. The Morgan fingerprint density at radius 1 is 0.947 bits per heavy atom. The quantitative estimate of drug-likeness (QED) is 0.713. The van der Waals surface area contributed by atoms with Gasteiger partial charge in [0.1, 0.15) is 21.6 Å². The van der Waals surface area contributed by atoms with Crippen molar-refractivity contribution >= 4 is 21.6 Å². The molecule has 0 aliphatic rings. The second-order valence-electron chi connectivity index (χ2n) is 4.06. The molecule has 0 amide bonds. The van der Waals surface area contributed by atoms with Crippen LogP contribution in [-0.2, 0) is 10.8 Å². The maximum atomic E-state index is 12.9. The zero-order chi connectivity index (χ0) is 13.2. The lowest BCUT2D eigenvalue weighted by atomic mass is 10.2. The topological polar surface area (TPSA) is 30.0 Å². The van der Waals surface area contributed by atoms with Crippen LogP contribution in [0.2, 0.25) is 0 Å². The summed E-state index contributed by atoms with van der Waals surface area (Å²) >= 11 is 0. The highest BCUT2D eigenvalue weighted by Crippen LogP contribution is 2.23. The van der Waals surface area contributed by atoms with Gasteiger partial charge in [0.15, 0.2) is 0 Å². The summed E-state index contributed by atoms with van der Waals surface area (Å²) in [5, 5.41) is 2.35. The third-order valence-electron chi connectivity index (χ3n) is 2.84. The Bertz CT molecular complexity index is 750. The lowest BCUT2D eigenvalue weighted by Gasteiger charge is -2.05. The maximum absolute atomic E-state index is 12.9. The molecule has 0 spiro atoms. The van der Waals surface area contributed by atoms with Gasteiger partial charge in [0.25, 0.3) is 0 Å². The highest BCUT2D eigenvalue weighted by Gasteiger charge is 2.12. The molecular weight excluding hydrogens is 261 g/mol. The Kier molecular flexibility index (Phi) is 3.09. The molecule has 1 unspecified atom stereocenters. The normalized spacial score (nSPS) is 12.5. The highest BCUT2D eigenvalue weighted by atomic mass is 32.2. The number of hydrogen-bond donors (Lipinski definition) is 0. The standard InChI is InChI=1S/C15H10FNOS/c16-12-5-7-13(8-6-12)19(18)15-14-4-2-1-3-11(14)9-10-17-15/h1-10H. The molecule has 1 heterocycles. The number of hydrogen-bond acceptors (Lipinski definition) is 2. The van der Waals surface area contributed by atoms with Crippen LogP contribution in [0.4, 0.5) is 4.39 Å². The van der Waals surface area contributed by atoms with Crippen molar-refractivity contribution in [3.63, 3.8) is 0 Å². The SMILES string of the molecule is O=S(c1ccc(F)cc1)c1nccc2ccccc12. The summed E-state index contributed by atoms with van der Waals surface area (Å²) in [5.41, 5.74) is 0. The van der Waals surface area contributed by atoms with Crippen molar-refractivity contribution in [3.05, 3.63) is 66.6 Å². The van der Waals surface area contributed by atoms with Gasteiger partial charge in [-0.3, -0.25) is 0 Å². The van der Waals surface area contributed by atoms with Crippen LogP contribution in [0, 0.1) is 5.82 Å². The van der Waals surface area contributed by atoms with Crippen molar-refractivity contribution in [2.24, 2.45) is 0 Å². The smallest absolute Gasteiger partial charge is 0.139 e. The molecule has 0 saturated heterocycles. The van der Waals surface area contributed by atoms with Crippen LogP contribution in [0.3, 0.4) is 0 Å². The Morgan fingerprint density at radius 2 is 1.68 bits per heavy atom. The Morgan fingerprint density at radius 3 is 2.47 bits per heavy atom. The van der Waals surface area contributed by atoms with Crippen molar-refractivity contribution in [2.45, 2.75) is 9.92 Å². The Balaban J connectivity index is 2.14. The van der Waals surface area contributed by atoms with Crippen LogP contribution in [-0.4, -0.2) is 9.19 Å². The van der Waals surface area contributed by atoms with Crippen molar-refractivity contribution in [2.75, 3.05) is 0 Å². The summed E-state index contributed by atoms with van der Waals surface area (Å²) in [5.74, 6) is -0.341. The number of rotatable bonds is 2. The second kappa shape index (κ2) is 4.90. The molecule has 2 aromatic carbocycles. The van der Waals surface area contributed by atoms with E-state index in [0.717, 1.165) is 10.8 Å². The summed E-state index contributed by atoms with van der Waals surface area (Å²) in [6.45, 7) is 0. The van der Waals surface area contributed by atoms with Gasteiger partial charge >= 0.3 is 0 Å². The molecule has 1 aromatic heterocycles. The van der Waals surface area contributed by atoms with E-state index in [2.05, 4.69) is 4.98 Å². The average Bonchev–Trinajstić information content (AvgIpc) is 2.47. The summed E-state index contributed by atoms with van der Waals surface area (Å²) in [6, 6.07) is 15.2. The van der Waals surface area contributed by atoms with Crippen molar-refractivity contribution in [3.8, 4) is 0 Å². The second-order valence-corrected chi connectivity index (χ2v) is 5.46. The van der Waals surface area contributed by atoms with Crippen molar-refractivity contribution in [1.29, 1.82) is 0 Å². The molecule has 0 radical (unpaired) electrons. The predicted molar refractivity (Wildman–Crippen MR) is 72.8 cm³/mol. The molecule has 0 fully saturated rings. The number of aromatic nitrogens is 1. The van der Waals surface area contributed by atoms with E-state index in [-0.39, 0.29) is 5.82 Å². The number of pyridine rings is 1. The van der Waals surface area contributed by atoms with E-state index in [4.69, 9.17) is 0 Å². The number of fused-ring (bicyclic) bond motifs is 1. The van der Waals surface area contributed by atoms with Gasteiger partial charge in [-0.2, -0.15) is 0 Å². The molecule has 1 atom stereocenters. The molecule has 0 aliphatic carbocycles. The van der Waals surface area contributed by atoms with Gasteiger partial charge in [0.2, 0.25) is 0 Å². The van der Waals surface area contributed by atoms with Gasteiger partial charge < -0.3 is 0 Å². The van der Waals surface area contributed by atoms with Crippen LogP contribution >= 0.6 is 0 Å². The van der Waals surface area contributed by atoms with Crippen LogP contribution in [0.5, 0.6) is 0 Å². The largest absolute Gasteiger partial charge is 0.247 e. The fourth-order valence-electron chi connectivity index (χ4n) is 1.91. The van der Waals surface area contributed by atoms with E-state index in [0.29, 0.717) is 9.92 Å². The van der Waals surface area contributed by atoms with Crippen molar-refractivity contribution < 1.29 is 8.60 Å². The lowest BCUT2D eigenvalue weighted by Crippen LogP contribution is -1.97. The molecule has 0 aliphatic heterocycles. The van der Waals surface area contributed by atoms with Gasteiger partial charge in [-0.05, 0) is 35.7 Å². The molecular formula is C15H10FNOS. The van der Waals surface area contributed by atoms with Crippen LogP contribution < -0.4 is 0 Å². The Hall–Kier alpha value is -2.07. The molecule has 94 valence electrons. The third-order valence-corrected chi connectivity index (χ3v) is 4.22. The molecule has 0 bridgehead atoms. The molecule has 3 aromatic rings. The molecule has 2 nitrogen and oxygen atoms in total. The van der Waals surface area contributed by atoms with E-state index in [1.165, 1.54) is 24.3 Å². The van der Waals surface area contributed by atoms with Gasteiger partial charge in [0, 0.05) is 16.5 Å². The summed E-state index contributed by atoms with van der Waals surface area (Å²) in [6.07, 6.45) is 1.64. The lowest BCUT2D eigenvalue weighted by molar-refractivity contribution is 0.626. The van der Waals surface area contributed by atoms with Gasteiger partial charge in [-0.25, -0.2) is 13.6 Å². The first kappa shape index (κ1) is 12.0. The van der Waals surface area contributed by atoms with Gasteiger partial charge in [-0.1, -0.05) is 24.3 Å². The number of benzene rings is 2. The number of nitrogens with zero attached hydrogens (tertiary/aromatic N) is 1. The minimum atomic E-state index is -1.41. The fourth-order valence-corrected chi connectivity index (χ4v) is 3.06. The zero-order valence-corrected chi connectivity index (χ0v) is 10.7. The van der Waals surface area contributed by atoms with E-state index in [1.807, 2.05) is 30.3 Å². The highest BCUT2D eigenvalue weighted by molar-refractivity contribution is 7.85. The van der Waals surface area contributed by atoms with E-state index in [9.17, 15) is 8.60 Å². The number of halogens is 1. The van der Waals surface area contributed by atoms with Gasteiger partial charge in [0.05, 0.1) is 0 Å². The van der Waals surface area contributed by atoms with Crippen molar-refractivity contribution in [1.82, 2.24) is 4.98 Å². The minimum absolute atomic E-state index is 0.341. The first-order valence-corrected chi connectivity index (χ1v) is 6.92. The molecule has 3 rings (SSSR count). The first-order chi connectivity index (χ1) is 9.25. The zero-order valence-electron chi connectivity index (χ0n) is 9.92. The predicted octanol–water partition coefficient (Wildman–Crippen LogP) is 3.54. The molecule has 4 heteroatoms. The first-order valence-electron chi connectivity index (χ1n) is 5.77. The summed E-state index contributed by atoms with van der Waals surface area (Å²) in [7, 11) is -1.41. The Labute approximate surface area is 112 Å². The van der Waals surface area contributed by atoms with Crippen LogP contribution in [0.1, 0.15) is 0 Å². The monoisotopic (exact) mass is 271 g/mol. The van der Waals surface area contributed by atoms with Crippen LogP contribution in [0.15, 0.2) is 70.7 Å². The molecule has 0 N–H and O–H groups in total. The molecule has 19 heavy (non-hydrogen) atoms. The van der Waals surface area contributed by atoms with E-state index < -0.39 is 10.8 Å². The van der Waals surface area contributed by atoms with Crippen LogP contribution in [0.25, 0.3) is 10.8 Å². The molecule has 0 saturated carbocycles. The fraction of sp³-hybridized carbons (Fsp3) is 0. The van der Waals surface area contributed by atoms with E-state index in [1.54, 1.807) is 6.20 Å². The maximum Gasteiger partial charge on any atom is 0.139 e. The van der Waals surface area contributed by atoms with Gasteiger partial charge in [-0.15, -0.1) is 0 Å². The minimum Gasteiger partial charge on any atom is -0.247 e. The van der Waals surface area contributed by atoms with E-state index >= 15 is 0 Å².